The van der Waals surface area contributed by atoms with Gasteiger partial charge in [0.25, 0.3) is 5.56 Å². The fourth-order valence-electron chi connectivity index (χ4n) is 4.16. The molecule has 3 aromatic rings. The number of nitrogens with one attached hydrogen (secondary N) is 2. The summed E-state index contributed by atoms with van der Waals surface area (Å²) in [5.74, 6) is 0.807. The van der Waals surface area contributed by atoms with Crippen molar-refractivity contribution in [3.63, 3.8) is 0 Å². The minimum absolute atomic E-state index is 0.0853. The molecule has 0 unspecified atom stereocenters. The van der Waals surface area contributed by atoms with Crippen LogP contribution < -0.4 is 15.6 Å². The molecule has 1 saturated heterocycles. The van der Waals surface area contributed by atoms with Crippen LogP contribution in [0.4, 0.5) is 0 Å². The lowest BCUT2D eigenvalue weighted by molar-refractivity contribution is 0.113. The molecule has 1 aliphatic heterocycles. The Hall–Kier alpha value is -2.90. The van der Waals surface area contributed by atoms with E-state index in [1.165, 1.54) is 0 Å². The van der Waals surface area contributed by atoms with E-state index in [2.05, 4.69) is 29.4 Å². The number of benzene rings is 2. The number of rotatable bonds is 7. The maximum absolute atomic E-state index is 13.0. The van der Waals surface area contributed by atoms with Crippen LogP contribution in [0.1, 0.15) is 35.1 Å². The first-order valence-corrected chi connectivity index (χ1v) is 11.7. The number of hydrogen-bond acceptors (Lipinski definition) is 4. The number of hydrogen-bond donors (Lipinski definition) is 2. The lowest BCUT2D eigenvalue weighted by Crippen LogP contribution is -2.42. The number of nitrogens with zero attached hydrogens (tertiary/aromatic N) is 1. The molecule has 1 aliphatic rings. The second-order valence-corrected chi connectivity index (χ2v) is 9.01. The van der Waals surface area contributed by atoms with Crippen molar-refractivity contribution >= 4 is 28.2 Å². The highest BCUT2D eigenvalue weighted by Gasteiger charge is 2.19. The van der Waals surface area contributed by atoms with Crippen molar-refractivity contribution in [1.29, 1.82) is 0 Å². The van der Waals surface area contributed by atoms with Crippen LogP contribution >= 0.6 is 12.2 Å². The van der Waals surface area contributed by atoms with E-state index >= 15 is 0 Å². The van der Waals surface area contributed by atoms with Crippen LogP contribution in [0.2, 0.25) is 0 Å². The van der Waals surface area contributed by atoms with Gasteiger partial charge in [-0.05, 0) is 79.2 Å². The molecule has 7 heteroatoms. The number of aromatic nitrogens is 1. The van der Waals surface area contributed by atoms with Crippen LogP contribution in [-0.4, -0.2) is 41.4 Å². The summed E-state index contributed by atoms with van der Waals surface area (Å²) in [6, 6.07) is 14.0. The minimum atomic E-state index is -0.0853. The van der Waals surface area contributed by atoms with E-state index in [9.17, 15) is 4.79 Å². The molecular weight excluding hydrogens is 434 g/mol. The van der Waals surface area contributed by atoms with Crippen molar-refractivity contribution in [2.24, 2.45) is 0 Å². The first kappa shape index (κ1) is 23.3. The molecule has 1 atom stereocenters. The lowest BCUT2D eigenvalue weighted by atomic mass is 10.0. The van der Waals surface area contributed by atoms with Crippen LogP contribution in [0.15, 0.2) is 47.3 Å². The van der Waals surface area contributed by atoms with E-state index < -0.39 is 0 Å². The maximum atomic E-state index is 13.0. The molecule has 0 amide bonds. The molecule has 0 spiro atoms. The number of methoxy groups -OCH3 is 1. The quantitative estimate of drug-likeness (QED) is 0.510. The molecule has 1 aromatic heterocycles. The fourth-order valence-corrected chi connectivity index (χ4v) is 4.37. The highest BCUT2D eigenvalue weighted by molar-refractivity contribution is 7.80. The summed E-state index contributed by atoms with van der Waals surface area (Å²) in [5, 5.41) is 4.99. The lowest BCUT2D eigenvalue weighted by Gasteiger charge is -2.27. The smallest absolute Gasteiger partial charge is 0.253 e. The molecule has 0 aliphatic carbocycles. The Morgan fingerprint density at radius 1 is 1.21 bits per heavy atom. The normalized spacial score (nSPS) is 15.5. The van der Waals surface area contributed by atoms with Gasteiger partial charge < -0.3 is 24.7 Å². The van der Waals surface area contributed by atoms with Gasteiger partial charge in [-0.25, -0.2) is 0 Å². The molecule has 33 heavy (non-hydrogen) atoms. The average molecular weight is 466 g/mol. The second kappa shape index (κ2) is 10.4. The molecule has 2 aromatic carbocycles. The molecule has 1 fully saturated rings. The van der Waals surface area contributed by atoms with Gasteiger partial charge >= 0.3 is 0 Å². The van der Waals surface area contributed by atoms with Crippen LogP contribution in [0.3, 0.4) is 0 Å². The topological polar surface area (TPSA) is 66.6 Å². The maximum Gasteiger partial charge on any atom is 0.253 e. The largest absolute Gasteiger partial charge is 0.497 e. The Morgan fingerprint density at radius 2 is 2.00 bits per heavy atom. The zero-order valence-corrected chi connectivity index (χ0v) is 20.3. The first-order valence-electron chi connectivity index (χ1n) is 11.3. The highest BCUT2D eigenvalue weighted by Crippen LogP contribution is 2.20. The molecule has 6 nitrogen and oxygen atoms in total. The third kappa shape index (κ3) is 5.54. The fraction of sp³-hybridized carbons (Fsp3) is 0.385. The van der Waals surface area contributed by atoms with Gasteiger partial charge in [0.1, 0.15) is 5.75 Å². The van der Waals surface area contributed by atoms with Crippen LogP contribution in [-0.2, 0) is 17.8 Å². The number of ether oxygens (including phenoxy) is 2. The minimum Gasteiger partial charge on any atom is -0.497 e. The number of aromatic amines is 1. The predicted molar refractivity (Wildman–Crippen MR) is 136 cm³/mol. The van der Waals surface area contributed by atoms with Crippen LogP contribution in [0.5, 0.6) is 5.75 Å². The van der Waals surface area contributed by atoms with Gasteiger partial charge in [-0.2, -0.15) is 0 Å². The Labute approximate surface area is 199 Å². The molecule has 0 bridgehead atoms. The van der Waals surface area contributed by atoms with E-state index in [1.807, 2.05) is 42.2 Å². The van der Waals surface area contributed by atoms with E-state index in [-0.39, 0.29) is 11.7 Å². The number of H-pyrrole nitrogens is 1. The summed E-state index contributed by atoms with van der Waals surface area (Å²) in [4.78, 5) is 18.1. The van der Waals surface area contributed by atoms with Crippen molar-refractivity contribution < 1.29 is 9.47 Å². The summed E-state index contributed by atoms with van der Waals surface area (Å²) < 4.78 is 11.0. The van der Waals surface area contributed by atoms with Crippen LogP contribution in [0.25, 0.3) is 10.9 Å². The van der Waals surface area contributed by atoms with E-state index in [0.29, 0.717) is 30.3 Å². The summed E-state index contributed by atoms with van der Waals surface area (Å²) >= 11 is 5.76. The standard InChI is InChI=1S/C26H31N3O3S/c1-17-6-9-20-13-21(25(30)28-24(20)18(17)2)16-29(15-19-7-10-22(31-3)11-8-19)26(33)27-14-23-5-4-12-32-23/h6-11,13,23H,4-5,12,14-16H2,1-3H3,(H,27,33)(H,28,30)/t23-/m1/s1. The number of pyridine rings is 1. The van der Waals surface area contributed by atoms with Crippen molar-refractivity contribution in [3.8, 4) is 5.75 Å². The Balaban J connectivity index is 1.58. The number of aryl methyl sites for hydroxylation is 2. The van der Waals surface area contributed by atoms with Crippen molar-refractivity contribution in [1.82, 2.24) is 15.2 Å². The average Bonchev–Trinajstić information content (AvgIpc) is 3.35. The van der Waals surface area contributed by atoms with Gasteiger partial charge in [0.05, 0.1) is 25.3 Å². The van der Waals surface area contributed by atoms with Crippen molar-refractivity contribution in [2.75, 3.05) is 20.3 Å². The molecule has 0 saturated carbocycles. The van der Waals surface area contributed by atoms with Crippen molar-refractivity contribution in [2.45, 2.75) is 45.9 Å². The highest BCUT2D eigenvalue weighted by atomic mass is 32.1. The Kier molecular flexibility index (Phi) is 7.30. The number of fused-ring (bicyclic) bond motifs is 1. The predicted octanol–water partition coefficient (Wildman–Crippen LogP) is 4.21. The van der Waals surface area contributed by atoms with E-state index in [4.69, 9.17) is 21.7 Å². The number of thiocarbonyl (C=S) groups is 1. The second-order valence-electron chi connectivity index (χ2n) is 8.62. The van der Waals surface area contributed by atoms with Gasteiger partial charge in [-0.1, -0.05) is 24.3 Å². The molecular formula is C26H31N3O3S. The van der Waals surface area contributed by atoms with E-state index in [1.54, 1.807) is 7.11 Å². The molecule has 2 N–H and O–H groups in total. The summed E-state index contributed by atoms with van der Waals surface area (Å²) in [5.41, 5.74) is 4.83. The Morgan fingerprint density at radius 3 is 2.70 bits per heavy atom. The zero-order valence-electron chi connectivity index (χ0n) is 19.4. The molecule has 4 rings (SSSR count). The monoisotopic (exact) mass is 465 g/mol. The third-order valence-electron chi connectivity index (χ3n) is 6.31. The van der Waals surface area contributed by atoms with Gasteiger partial charge in [0, 0.05) is 25.3 Å². The zero-order chi connectivity index (χ0) is 23.4. The van der Waals surface area contributed by atoms with Gasteiger partial charge in [-0.3, -0.25) is 4.79 Å². The SMILES string of the molecule is COc1ccc(CN(Cc2cc3ccc(C)c(C)c3[nH]c2=O)C(=S)NC[C@H]2CCCO2)cc1. The third-order valence-corrected chi connectivity index (χ3v) is 6.72. The molecule has 2 heterocycles. The first-order chi connectivity index (χ1) is 15.9. The molecule has 174 valence electrons. The summed E-state index contributed by atoms with van der Waals surface area (Å²) in [6.07, 6.45) is 2.30. The molecule has 0 radical (unpaired) electrons. The van der Waals surface area contributed by atoms with Crippen LogP contribution in [0, 0.1) is 13.8 Å². The van der Waals surface area contributed by atoms with Crippen molar-refractivity contribution in [3.05, 3.63) is 75.1 Å². The van der Waals surface area contributed by atoms with Gasteiger partial charge in [0.2, 0.25) is 0 Å². The van der Waals surface area contributed by atoms with Gasteiger partial charge in [-0.15, -0.1) is 0 Å². The van der Waals surface area contributed by atoms with E-state index in [0.717, 1.165) is 52.8 Å². The summed E-state index contributed by atoms with van der Waals surface area (Å²) in [7, 11) is 1.65. The van der Waals surface area contributed by atoms with Gasteiger partial charge in [0.15, 0.2) is 5.11 Å². The Bertz CT molecular complexity index is 1180. The summed E-state index contributed by atoms with van der Waals surface area (Å²) in [6.45, 7) is 6.54.